The van der Waals surface area contributed by atoms with Crippen LogP contribution in [0, 0.1) is 0 Å². The molecule has 0 aliphatic rings. The molecule has 0 saturated carbocycles. The summed E-state index contributed by atoms with van der Waals surface area (Å²) in [6.45, 7) is 0. The minimum Gasteiger partial charge on any atom is -0.370 e. The minimum atomic E-state index is -0.953. The van der Waals surface area contributed by atoms with E-state index in [0.717, 1.165) is 0 Å². The molecule has 0 fully saturated rings. The first-order valence-corrected chi connectivity index (χ1v) is 3.54. The molecule has 1 heterocycles. The average molecular weight is 183 g/mol. The van der Waals surface area contributed by atoms with Gasteiger partial charge in [0.25, 0.3) is 0 Å². The first-order chi connectivity index (χ1) is 6.11. The molecule has 0 aromatic carbocycles. The molecule has 0 bridgehead atoms. The summed E-state index contributed by atoms with van der Waals surface area (Å²) in [7, 11) is 0. The van der Waals surface area contributed by atoms with Crippen molar-refractivity contribution in [2.45, 2.75) is 12.5 Å². The molecule has 7 heteroatoms. The molecule has 13 heavy (non-hydrogen) atoms. The number of primary amides is 1. The van der Waals surface area contributed by atoms with E-state index in [1.165, 1.54) is 6.33 Å². The lowest BCUT2D eigenvalue weighted by molar-refractivity contribution is -0.118. The highest BCUT2D eigenvalue weighted by Gasteiger charge is 2.19. The number of carbonyl (C=O) groups is 2. The maximum atomic E-state index is 11.3. The van der Waals surface area contributed by atoms with E-state index in [1.807, 2.05) is 0 Å². The molecule has 0 spiro atoms. The van der Waals surface area contributed by atoms with Crippen molar-refractivity contribution >= 4 is 11.7 Å². The fraction of sp³-hybridized carbons (Fsp3) is 0.333. The number of aromatic nitrogens is 3. The number of Topliss-reactive ketones (excluding diaryl/α,β-unsaturated/α-hetero) is 1. The van der Waals surface area contributed by atoms with Gasteiger partial charge in [-0.05, 0) is 0 Å². The van der Waals surface area contributed by atoms with E-state index in [2.05, 4.69) is 15.2 Å². The third-order valence-electron chi connectivity index (χ3n) is 1.41. The molecule has 1 amide bonds. The van der Waals surface area contributed by atoms with Gasteiger partial charge < -0.3 is 11.5 Å². The van der Waals surface area contributed by atoms with E-state index in [0.29, 0.717) is 0 Å². The number of hydrogen-bond acceptors (Lipinski definition) is 5. The van der Waals surface area contributed by atoms with Crippen LogP contribution in [-0.4, -0.2) is 32.9 Å². The van der Waals surface area contributed by atoms with Crippen molar-refractivity contribution < 1.29 is 9.59 Å². The molecule has 1 rings (SSSR count). The van der Waals surface area contributed by atoms with E-state index in [-0.39, 0.29) is 12.2 Å². The summed E-state index contributed by atoms with van der Waals surface area (Å²) in [5, 5.41) is 5.82. The van der Waals surface area contributed by atoms with Crippen LogP contribution in [0.4, 0.5) is 0 Å². The summed E-state index contributed by atoms with van der Waals surface area (Å²) in [5.74, 6) is -1.06. The Balaban J connectivity index is 2.63. The van der Waals surface area contributed by atoms with Gasteiger partial charge in [-0.25, -0.2) is 4.98 Å². The van der Waals surface area contributed by atoms with Crippen LogP contribution in [-0.2, 0) is 4.79 Å². The largest absolute Gasteiger partial charge is 0.370 e. The van der Waals surface area contributed by atoms with Crippen LogP contribution in [0.2, 0.25) is 0 Å². The van der Waals surface area contributed by atoms with Crippen LogP contribution >= 0.6 is 0 Å². The van der Waals surface area contributed by atoms with E-state index in [9.17, 15) is 9.59 Å². The van der Waals surface area contributed by atoms with E-state index < -0.39 is 17.7 Å². The van der Waals surface area contributed by atoms with Gasteiger partial charge in [0.15, 0.2) is 5.82 Å². The first kappa shape index (κ1) is 9.33. The number of amides is 1. The number of rotatable bonds is 4. The molecular weight excluding hydrogens is 174 g/mol. The predicted octanol–water partition coefficient (Wildman–Crippen LogP) is -1.81. The van der Waals surface area contributed by atoms with Crippen LogP contribution in [0.25, 0.3) is 0 Å². The molecule has 1 aromatic rings. The highest BCUT2D eigenvalue weighted by Crippen LogP contribution is 1.96. The highest BCUT2D eigenvalue weighted by molar-refractivity contribution is 5.98. The number of ketones is 1. The van der Waals surface area contributed by atoms with Gasteiger partial charge in [0, 0.05) is 6.42 Å². The molecule has 1 aromatic heterocycles. The van der Waals surface area contributed by atoms with Crippen molar-refractivity contribution in [1.29, 1.82) is 0 Å². The van der Waals surface area contributed by atoms with Gasteiger partial charge in [-0.15, -0.1) is 0 Å². The molecular formula is C6H9N5O2. The number of carbonyl (C=O) groups excluding carboxylic acids is 2. The Morgan fingerprint density at radius 3 is 2.77 bits per heavy atom. The Labute approximate surface area is 73.5 Å². The Kier molecular flexibility index (Phi) is 2.70. The molecule has 0 radical (unpaired) electrons. The fourth-order valence-electron chi connectivity index (χ4n) is 0.809. The van der Waals surface area contributed by atoms with Gasteiger partial charge in [0.2, 0.25) is 11.7 Å². The molecule has 0 aliphatic carbocycles. The lowest BCUT2D eigenvalue weighted by Gasteiger charge is -2.04. The van der Waals surface area contributed by atoms with Crippen molar-refractivity contribution in [3.63, 3.8) is 0 Å². The third kappa shape index (κ3) is 2.34. The van der Waals surface area contributed by atoms with Gasteiger partial charge >= 0.3 is 0 Å². The summed E-state index contributed by atoms with van der Waals surface area (Å²) in [4.78, 5) is 25.3. The Hall–Kier alpha value is -1.76. The van der Waals surface area contributed by atoms with Crippen molar-refractivity contribution in [3.8, 4) is 0 Å². The SMILES string of the molecule is NC(=O)CC(N)C(=O)c1ncn[nH]1. The number of hydrogen-bond donors (Lipinski definition) is 3. The van der Waals surface area contributed by atoms with E-state index in [4.69, 9.17) is 11.5 Å². The van der Waals surface area contributed by atoms with Gasteiger partial charge in [-0.3, -0.25) is 14.7 Å². The molecule has 1 atom stereocenters. The number of aromatic amines is 1. The molecule has 0 aliphatic heterocycles. The summed E-state index contributed by atoms with van der Waals surface area (Å²) in [6, 6.07) is -0.953. The number of nitrogens with zero attached hydrogens (tertiary/aromatic N) is 2. The molecule has 5 N–H and O–H groups in total. The number of nitrogens with two attached hydrogens (primary N) is 2. The smallest absolute Gasteiger partial charge is 0.219 e. The zero-order valence-electron chi connectivity index (χ0n) is 6.73. The maximum absolute atomic E-state index is 11.3. The standard InChI is InChI=1S/C6H9N5O2/c7-3(1-4(8)12)5(13)6-9-2-10-11-6/h2-3H,1,7H2,(H2,8,12)(H,9,10,11). The van der Waals surface area contributed by atoms with Gasteiger partial charge in [0.1, 0.15) is 6.33 Å². The second kappa shape index (κ2) is 3.76. The molecule has 0 saturated heterocycles. The maximum Gasteiger partial charge on any atom is 0.219 e. The predicted molar refractivity (Wildman–Crippen MR) is 42.5 cm³/mol. The van der Waals surface area contributed by atoms with Crippen LogP contribution in [0.3, 0.4) is 0 Å². The first-order valence-electron chi connectivity index (χ1n) is 3.54. The van der Waals surface area contributed by atoms with Crippen LogP contribution in [0.1, 0.15) is 17.0 Å². The second-order valence-electron chi connectivity index (χ2n) is 2.48. The van der Waals surface area contributed by atoms with Crippen LogP contribution in [0.5, 0.6) is 0 Å². The lowest BCUT2D eigenvalue weighted by Crippen LogP contribution is -2.35. The normalized spacial score (nSPS) is 12.4. The summed E-state index contributed by atoms with van der Waals surface area (Å²) in [5.41, 5.74) is 10.2. The third-order valence-corrected chi connectivity index (χ3v) is 1.41. The quantitative estimate of drug-likeness (QED) is 0.474. The lowest BCUT2D eigenvalue weighted by atomic mass is 10.1. The van der Waals surface area contributed by atoms with Crippen LogP contribution in [0.15, 0.2) is 6.33 Å². The number of nitrogens with one attached hydrogen (secondary N) is 1. The van der Waals surface area contributed by atoms with Crippen molar-refractivity contribution in [2.24, 2.45) is 11.5 Å². The van der Waals surface area contributed by atoms with Crippen molar-refractivity contribution in [3.05, 3.63) is 12.2 Å². The monoisotopic (exact) mass is 183 g/mol. The van der Waals surface area contributed by atoms with E-state index >= 15 is 0 Å². The van der Waals surface area contributed by atoms with Gasteiger partial charge in [-0.2, -0.15) is 5.10 Å². The second-order valence-corrected chi connectivity index (χ2v) is 2.48. The average Bonchev–Trinajstić information content (AvgIpc) is 2.53. The zero-order valence-corrected chi connectivity index (χ0v) is 6.73. The summed E-state index contributed by atoms with van der Waals surface area (Å²) >= 11 is 0. The Bertz CT molecular complexity index is 307. The van der Waals surface area contributed by atoms with Gasteiger partial charge in [-0.1, -0.05) is 0 Å². The number of H-pyrrole nitrogens is 1. The molecule has 7 nitrogen and oxygen atoms in total. The van der Waals surface area contributed by atoms with Crippen molar-refractivity contribution in [1.82, 2.24) is 15.2 Å². The van der Waals surface area contributed by atoms with E-state index in [1.54, 1.807) is 0 Å². The van der Waals surface area contributed by atoms with Crippen LogP contribution < -0.4 is 11.5 Å². The summed E-state index contributed by atoms with van der Waals surface area (Å²) < 4.78 is 0. The van der Waals surface area contributed by atoms with Crippen molar-refractivity contribution in [2.75, 3.05) is 0 Å². The fourth-order valence-corrected chi connectivity index (χ4v) is 0.809. The Morgan fingerprint density at radius 1 is 1.62 bits per heavy atom. The highest BCUT2D eigenvalue weighted by atomic mass is 16.1. The Morgan fingerprint density at radius 2 is 2.31 bits per heavy atom. The topological polar surface area (TPSA) is 128 Å². The van der Waals surface area contributed by atoms with Gasteiger partial charge in [0.05, 0.1) is 6.04 Å². The summed E-state index contributed by atoms with van der Waals surface area (Å²) in [6.07, 6.45) is 0.990. The minimum absolute atomic E-state index is 0.0359. The molecule has 70 valence electrons. The zero-order chi connectivity index (χ0) is 9.84. The molecule has 1 unspecified atom stereocenters.